The van der Waals surface area contributed by atoms with E-state index in [4.69, 9.17) is 0 Å². The van der Waals surface area contributed by atoms with Crippen LogP contribution in [0.25, 0.3) is 0 Å². The number of alkyl halides is 3. The molecule has 2 N–H and O–H groups in total. The van der Waals surface area contributed by atoms with Gasteiger partial charge in [0.15, 0.2) is 5.67 Å². The molecule has 0 heterocycles. The van der Waals surface area contributed by atoms with E-state index in [1.165, 1.54) is 0 Å². The first-order valence-corrected chi connectivity index (χ1v) is 9.48. The van der Waals surface area contributed by atoms with Gasteiger partial charge < -0.3 is 10.2 Å². The minimum absolute atomic E-state index is 0.0605. The van der Waals surface area contributed by atoms with Crippen LogP contribution >= 0.6 is 0 Å². The van der Waals surface area contributed by atoms with Crippen molar-refractivity contribution in [2.24, 2.45) is 28.6 Å². The Balaban J connectivity index is 1.76. The van der Waals surface area contributed by atoms with Gasteiger partial charge in [-0.1, -0.05) is 13.8 Å². The fraction of sp³-hybridized carbons (Fsp3) is 1.00. The van der Waals surface area contributed by atoms with Gasteiger partial charge in [-0.25, -0.2) is 13.2 Å². The third-order valence-electron chi connectivity index (χ3n) is 8.70. The number of fused-ring (bicyclic) bond motifs is 5. The molecule has 24 heavy (non-hydrogen) atoms. The molecule has 0 radical (unpaired) electrons. The van der Waals surface area contributed by atoms with Gasteiger partial charge in [-0.3, -0.25) is 0 Å². The highest BCUT2D eigenvalue weighted by atomic mass is 19.3. The number of hydrogen-bond acceptors (Lipinski definition) is 2. The maximum absolute atomic E-state index is 15.8. The fourth-order valence-electron chi connectivity index (χ4n) is 7.16. The third kappa shape index (κ3) is 1.86. The van der Waals surface area contributed by atoms with Crippen LogP contribution in [0.2, 0.25) is 0 Å². The molecule has 2 nitrogen and oxygen atoms in total. The van der Waals surface area contributed by atoms with Gasteiger partial charge in [0.2, 0.25) is 0 Å². The van der Waals surface area contributed by atoms with Crippen molar-refractivity contribution in [2.75, 3.05) is 0 Å². The molecular weight excluding hydrogens is 317 g/mol. The molecule has 5 heteroatoms. The zero-order valence-electron chi connectivity index (χ0n) is 14.6. The summed E-state index contributed by atoms with van der Waals surface area (Å²) in [6.07, 6.45) is 1.43. The van der Waals surface area contributed by atoms with Gasteiger partial charge in [0.25, 0.3) is 5.92 Å². The lowest BCUT2D eigenvalue weighted by Gasteiger charge is -2.64. The minimum atomic E-state index is -3.41. The van der Waals surface area contributed by atoms with Crippen molar-refractivity contribution in [3.8, 4) is 0 Å². The average Bonchev–Trinajstić information content (AvgIpc) is 2.79. The minimum Gasteiger partial charge on any atom is -0.393 e. The monoisotopic (exact) mass is 346 g/mol. The fourth-order valence-corrected chi connectivity index (χ4v) is 7.16. The quantitative estimate of drug-likeness (QED) is 0.694. The van der Waals surface area contributed by atoms with Gasteiger partial charge in [-0.2, -0.15) is 0 Å². The number of aliphatic hydroxyl groups is 2. The summed E-state index contributed by atoms with van der Waals surface area (Å²) in [5.74, 6) is -3.64. The normalized spacial score (nSPS) is 59.4. The number of hydrogen-bond donors (Lipinski definition) is 2. The highest BCUT2D eigenvalue weighted by Gasteiger charge is 2.75. The van der Waals surface area contributed by atoms with Crippen molar-refractivity contribution >= 4 is 0 Å². The molecule has 0 spiro atoms. The Labute approximate surface area is 141 Å². The van der Waals surface area contributed by atoms with Crippen molar-refractivity contribution in [1.82, 2.24) is 0 Å². The molecule has 0 aliphatic heterocycles. The Morgan fingerprint density at radius 3 is 2.25 bits per heavy atom. The molecule has 8 atom stereocenters. The van der Waals surface area contributed by atoms with E-state index in [-0.39, 0.29) is 23.2 Å². The van der Waals surface area contributed by atoms with Crippen LogP contribution in [0.5, 0.6) is 0 Å². The van der Waals surface area contributed by atoms with E-state index < -0.39 is 42.1 Å². The zero-order chi connectivity index (χ0) is 17.5. The zero-order valence-corrected chi connectivity index (χ0v) is 14.6. The molecular formula is C19H29F3O2. The van der Waals surface area contributed by atoms with Crippen LogP contribution in [0.15, 0.2) is 0 Å². The van der Waals surface area contributed by atoms with Crippen molar-refractivity contribution in [2.45, 2.75) is 89.0 Å². The summed E-state index contributed by atoms with van der Waals surface area (Å²) in [6.45, 7) is 3.74. The summed E-state index contributed by atoms with van der Waals surface area (Å²) >= 11 is 0. The average molecular weight is 346 g/mol. The molecule has 0 saturated heterocycles. The lowest BCUT2D eigenvalue weighted by Crippen LogP contribution is -2.69. The molecule has 4 aliphatic carbocycles. The Morgan fingerprint density at radius 1 is 0.833 bits per heavy atom. The Kier molecular flexibility index (Phi) is 3.50. The first-order valence-electron chi connectivity index (χ1n) is 9.48. The van der Waals surface area contributed by atoms with E-state index >= 15 is 13.2 Å². The smallest absolute Gasteiger partial charge is 0.282 e. The van der Waals surface area contributed by atoms with Gasteiger partial charge in [-0.15, -0.1) is 0 Å². The highest BCUT2D eigenvalue weighted by Crippen LogP contribution is 2.71. The molecule has 0 aromatic rings. The van der Waals surface area contributed by atoms with E-state index in [1.807, 2.05) is 6.92 Å². The van der Waals surface area contributed by atoms with Gasteiger partial charge in [0.1, 0.15) is 0 Å². The van der Waals surface area contributed by atoms with Gasteiger partial charge in [0, 0.05) is 18.3 Å². The maximum atomic E-state index is 15.8. The molecule has 0 amide bonds. The van der Waals surface area contributed by atoms with Crippen LogP contribution in [0.3, 0.4) is 0 Å². The van der Waals surface area contributed by atoms with Crippen LogP contribution in [0, 0.1) is 28.6 Å². The van der Waals surface area contributed by atoms with Crippen LogP contribution in [-0.4, -0.2) is 34.0 Å². The van der Waals surface area contributed by atoms with E-state index in [1.54, 1.807) is 6.92 Å². The van der Waals surface area contributed by atoms with Crippen molar-refractivity contribution in [3.63, 3.8) is 0 Å². The lowest BCUT2D eigenvalue weighted by molar-refractivity contribution is -0.294. The summed E-state index contributed by atoms with van der Waals surface area (Å²) in [4.78, 5) is 0. The number of aliphatic hydroxyl groups excluding tert-OH is 2. The van der Waals surface area contributed by atoms with Gasteiger partial charge in [0.05, 0.1) is 12.2 Å². The Bertz CT molecular complexity index is 541. The molecule has 0 bridgehead atoms. The Morgan fingerprint density at radius 2 is 1.54 bits per heavy atom. The summed E-state index contributed by atoms with van der Waals surface area (Å²) in [5, 5.41) is 20.3. The maximum Gasteiger partial charge on any atom is 0.282 e. The number of halogens is 3. The van der Waals surface area contributed by atoms with Crippen LogP contribution < -0.4 is 0 Å². The largest absolute Gasteiger partial charge is 0.393 e. The van der Waals surface area contributed by atoms with E-state index in [0.717, 1.165) is 12.8 Å². The molecule has 0 aromatic heterocycles. The summed E-state index contributed by atoms with van der Waals surface area (Å²) in [7, 11) is 0. The standard InChI is InChI=1S/C19H29F3O2/c1-16-7-6-14-12(13(16)3-4-15(16)24)10-19(21,22)18(20)9-11(23)5-8-17(14,18)2/h11-15,23-24H,3-10H2,1-2H3/t11-,12+,13+,14+,15+,16+,17-,18-/m1/s1. The second-order valence-electron chi connectivity index (χ2n) is 9.54. The second kappa shape index (κ2) is 4.91. The van der Waals surface area contributed by atoms with Crippen LogP contribution in [-0.2, 0) is 0 Å². The SMILES string of the molecule is C[C@]12CC[C@H]3[C@@H](CC(F)(F)[C@@]4(F)C[C@H](O)CC[C@]34C)[C@@H]1CC[C@@H]2O. The molecule has 0 unspecified atom stereocenters. The van der Waals surface area contributed by atoms with Gasteiger partial charge >= 0.3 is 0 Å². The van der Waals surface area contributed by atoms with Crippen molar-refractivity contribution < 1.29 is 23.4 Å². The summed E-state index contributed by atoms with van der Waals surface area (Å²) < 4.78 is 45.8. The van der Waals surface area contributed by atoms with E-state index in [9.17, 15) is 10.2 Å². The number of rotatable bonds is 0. The molecule has 4 saturated carbocycles. The highest BCUT2D eigenvalue weighted by molar-refractivity contribution is 5.19. The second-order valence-corrected chi connectivity index (χ2v) is 9.54. The first-order chi connectivity index (χ1) is 11.1. The van der Waals surface area contributed by atoms with Gasteiger partial charge in [-0.05, 0) is 61.7 Å². The van der Waals surface area contributed by atoms with E-state index in [2.05, 4.69) is 0 Å². The molecule has 4 rings (SSSR count). The third-order valence-corrected chi connectivity index (χ3v) is 8.70. The predicted octanol–water partition coefficient (Wildman–Crippen LogP) is 4.09. The first kappa shape index (κ1) is 17.1. The topological polar surface area (TPSA) is 40.5 Å². The predicted molar refractivity (Wildman–Crippen MR) is 84.4 cm³/mol. The van der Waals surface area contributed by atoms with Crippen LogP contribution in [0.4, 0.5) is 13.2 Å². The van der Waals surface area contributed by atoms with Crippen molar-refractivity contribution in [3.05, 3.63) is 0 Å². The van der Waals surface area contributed by atoms with Crippen LogP contribution in [0.1, 0.15) is 65.2 Å². The van der Waals surface area contributed by atoms with E-state index in [0.29, 0.717) is 25.7 Å². The molecule has 138 valence electrons. The summed E-state index contributed by atoms with van der Waals surface area (Å²) in [5.41, 5.74) is -3.98. The summed E-state index contributed by atoms with van der Waals surface area (Å²) in [6, 6.07) is 0. The molecule has 4 aliphatic rings. The lowest BCUT2D eigenvalue weighted by atomic mass is 9.43. The molecule has 4 fully saturated rings. The Hall–Kier alpha value is -0.290. The van der Waals surface area contributed by atoms with Crippen molar-refractivity contribution in [1.29, 1.82) is 0 Å². The molecule has 0 aromatic carbocycles.